The summed E-state index contributed by atoms with van der Waals surface area (Å²) in [5.74, 6) is 0.272. The van der Waals surface area contributed by atoms with Crippen LogP contribution in [0.2, 0.25) is 5.02 Å². The molecule has 2 aromatic rings. The SMILES string of the molecule is Cc1ccc(Cl)cc1N1CCN(C(=O)[C@@H]2CCCN2c2nnc(N3CCCC3=O)s2)CC1. The Morgan fingerprint density at radius 2 is 1.84 bits per heavy atom. The minimum atomic E-state index is -0.204. The highest BCUT2D eigenvalue weighted by molar-refractivity contribution is 7.19. The van der Waals surface area contributed by atoms with Gasteiger partial charge in [0.05, 0.1) is 0 Å². The molecular formula is C22H27ClN6O2S. The topological polar surface area (TPSA) is 72.9 Å². The summed E-state index contributed by atoms with van der Waals surface area (Å²) in [6, 6.07) is 5.75. The molecule has 2 amide bonds. The van der Waals surface area contributed by atoms with E-state index in [1.807, 2.05) is 23.1 Å². The number of amides is 2. The summed E-state index contributed by atoms with van der Waals surface area (Å²) in [6.07, 6.45) is 3.21. The van der Waals surface area contributed by atoms with Gasteiger partial charge in [0.25, 0.3) is 0 Å². The molecule has 3 fully saturated rings. The fourth-order valence-corrected chi connectivity index (χ4v) is 5.97. The highest BCUT2D eigenvalue weighted by Gasteiger charge is 2.37. The third-order valence-electron chi connectivity index (χ3n) is 6.59. The second-order valence-electron chi connectivity index (χ2n) is 8.61. The van der Waals surface area contributed by atoms with Gasteiger partial charge in [-0.15, -0.1) is 10.2 Å². The standard InChI is InChI=1S/C22H27ClN6O2S/c1-15-6-7-16(23)14-18(15)26-10-12-27(13-11-26)20(31)17-4-2-8-28(17)21-24-25-22(32-21)29-9-3-5-19(29)30/h6-7,14,17H,2-5,8-13H2,1H3/t17-/m0/s1. The Bertz CT molecular complexity index is 1020. The molecule has 1 atom stereocenters. The van der Waals surface area contributed by atoms with Gasteiger partial charge in [-0.2, -0.15) is 0 Å². The lowest BCUT2D eigenvalue weighted by Gasteiger charge is -2.38. The number of aryl methyl sites for hydroxylation is 1. The van der Waals surface area contributed by atoms with Crippen LogP contribution in [0.5, 0.6) is 0 Å². The van der Waals surface area contributed by atoms with Crippen LogP contribution in [0.4, 0.5) is 16.0 Å². The van der Waals surface area contributed by atoms with Crippen LogP contribution in [0.15, 0.2) is 18.2 Å². The number of carbonyl (C=O) groups excluding carboxylic acids is 2. The highest BCUT2D eigenvalue weighted by Crippen LogP contribution is 2.34. The Kier molecular flexibility index (Phi) is 5.94. The molecule has 0 saturated carbocycles. The van der Waals surface area contributed by atoms with Gasteiger partial charge >= 0.3 is 0 Å². The van der Waals surface area contributed by atoms with Crippen molar-refractivity contribution in [3.05, 3.63) is 28.8 Å². The fraction of sp³-hybridized carbons (Fsp3) is 0.545. The van der Waals surface area contributed by atoms with E-state index in [1.165, 1.54) is 16.9 Å². The van der Waals surface area contributed by atoms with Crippen LogP contribution >= 0.6 is 22.9 Å². The third kappa shape index (κ3) is 4.03. The monoisotopic (exact) mass is 474 g/mol. The second kappa shape index (κ2) is 8.86. The van der Waals surface area contributed by atoms with Crippen LogP contribution in [0.25, 0.3) is 0 Å². The zero-order chi connectivity index (χ0) is 22.2. The summed E-state index contributed by atoms with van der Waals surface area (Å²) < 4.78 is 0. The maximum Gasteiger partial charge on any atom is 0.245 e. The number of piperazine rings is 1. The van der Waals surface area contributed by atoms with Crippen LogP contribution in [-0.2, 0) is 9.59 Å². The van der Waals surface area contributed by atoms with E-state index in [9.17, 15) is 9.59 Å². The van der Waals surface area contributed by atoms with Gasteiger partial charge in [-0.3, -0.25) is 14.5 Å². The molecule has 0 unspecified atom stereocenters. The van der Waals surface area contributed by atoms with E-state index in [-0.39, 0.29) is 17.9 Å². The molecule has 5 rings (SSSR count). The largest absolute Gasteiger partial charge is 0.368 e. The van der Waals surface area contributed by atoms with Gasteiger partial charge in [-0.25, -0.2) is 0 Å². The van der Waals surface area contributed by atoms with Crippen molar-refractivity contribution in [3.8, 4) is 0 Å². The summed E-state index contributed by atoms with van der Waals surface area (Å²) in [7, 11) is 0. The molecule has 0 aliphatic carbocycles. The molecule has 0 N–H and O–H groups in total. The Labute approximate surface area is 196 Å². The van der Waals surface area contributed by atoms with Gasteiger partial charge in [0.2, 0.25) is 22.1 Å². The lowest BCUT2D eigenvalue weighted by Crippen LogP contribution is -2.54. The van der Waals surface area contributed by atoms with Gasteiger partial charge in [0, 0.05) is 56.4 Å². The number of anilines is 3. The molecule has 1 aromatic heterocycles. The zero-order valence-corrected chi connectivity index (χ0v) is 19.7. The quantitative estimate of drug-likeness (QED) is 0.678. The first-order chi connectivity index (χ1) is 15.5. The van der Waals surface area contributed by atoms with Crippen molar-refractivity contribution in [2.75, 3.05) is 54.0 Å². The van der Waals surface area contributed by atoms with Crippen molar-refractivity contribution in [2.45, 2.75) is 38.6 Å². The Balaban J connectivity index is 1.24. The number of rotatable bonds is 4. The van der Waals surface area contributed by atoms with E-state index in [4.69, 9.17) is 11.6 Å². The molecule has 10 heteroatoms. The maximum absolute atomic E-state index is 13.4. The van der Waals surface area contributed by atoms with Gasteiger partial charge in [0.15, 0.2) is 0 Å². The molecule has 3 saturated heterocycles. The number of halogens is 1. The number of nitrogens with zero attached hydrogens (tertiary/aromatic N) is 6. The van der Waals surface area contributed by atoms with Crippen LogP contribution in [-0.4, -0.2) is 72.2 Å². The molecule has 0 spiro atoms. The minimum absolute atomic E-state index is 0.106. The van der Waals surface area contributed by atoms with Crippen molar-refractivity contribution in [1.82, 2.24) is 15.1 Å². The van der Waals surface area contributed by atoms with E-state index < -0.39 is 0 Å². The predicted octanol–water partition coefficient (Wildman–Crippen LogP) is 2.94. The molecule has 32 heavy (non-hydrogen) atoms. The Hall–Kier alpha value is -2.39. The summed E-state index contributed by atoms with van der Waals surface area (Å²) in [5, 5.41) is 10.7. The van der Waals surface area contributed by atoms with E-state index in [0.29, 0.717) is 31.2 Å². The summed E-state index contributed by atoms with van der Waals surface area (Å²) >= 11 is 7.62. The summed E-state index contributed by atoms with van der Waals surface area (Å²) in [6.45, 7) is 6.55. The number of hydrogen-bond donors (Lipinski definition) is 0. The number of aromatic nitrogens is 2. The lowest BCUT2D eigenvalue weighted by molar-refractivity contribution is -0.132. The molecule has 0 radical (unpaired) electrons. The van der Waals surface area contributed by atoms with Crippen molar-refractivity contribution >= 4 is 50.7 Å². The Morgan fingerprint density at radius 3 is 2.59 bits per heavy atom. The highest BCUT2D eigenvalue weighted by atomic mass is 35.5. The molecule has 1 aromatic carbocycles. The maximum atomic E-state index is 13.4. The molecule has 0 bridgehead atoms. The van der Waals surface area contributed by atoms with Gasteiger partial charge in [-0.1, -0.05) is 29.0 Å². The van der Waals surface area contributed by atoms with Crippen molar-refractivity contribution < 1.29 is 9.59 Å². The van der Waals surface area contributed by atoms with Crippen molar-refractivity contribution in [1.29, 1.82) is 0 Å². The first kappa shape index (κ1) is 21.5. The van der Waals surface area contributed by atoms with Crippen LogP contribution < -0.4 is 14.7 Å². The van der Waals surface area contributed by atoms with Crippen LogP contribution in [0.3, 0.4) is 0 Å². The van der Waals surface area contributed by atoms with Gasteiger partial charge < -0.3 is 14.7 Å². The molecule has 170 valence electrons. The molecule has 8 nitrogen and oxygen atoms in total. The average Bonchev–Trinajstić information content (AvgIpc) is 3.55. The van der Waals surface area contributed by atoms with E-state index in [2.05, 4.69) is 26.9 Å². The predicted molar refractivity (Wildman–Crippen MR) is 127 cm³/mol. The average molecular weight is 475 g/mol. The number of carbonyl (C=O) groups is 2. The van der Waals surface area contributed by atoms with Crippen LogP contribution in [0.1, 0.15) is 31.2 Å². The molecular weight excluding hydrogens is 448 g/mol. The smallest absolute Gasteiger partial charge is 0.245 e. The lowest BCUT2D eigenvalue weighted by atomic mass is 10.1. The molecule has 4 heterocycles. The Morgan fingerprint density at radius 1 is 1.06 bits per heavy atom. The van der Waals surface area contributed by atoms with E-state index in [1.54, 1.807) is 4.90 Å². The molecule has 3 aliphatic heterocycles. The number of benzene rings is 1. The van der Waals surface area contributed by atoms with Gasteiger partial charge in [0.1, 0.15) is 6.04 Å². The van der Waals surface area contributed by atoms with E-state index >= 15 is 0 Å². The zero-order valence-electron chi connectivity index (χ0n) is 18.2. The molecule has 3 aliphatic rings. The third-order valence-corrected chi connectivity index (χ3v) is 7.81. The first-order valence-corrected chi connectivity index (χ1v) is 12.4. The van der Waals surface area contributed by atoms with Crippen LogP contribution in [0, 0.1) is 6.92 Å². The second-order valence-corrected chi connectivity index (χ2v) is 9.98. The van der Waals surface area contributed by atoms with E-state index in [0.717, 1.165) is 54.7 Å². The first-order valence-electron chi connectivity index (χ1n) is 11.2. The minimum Gasteiger partial charge on any atom is -0.368 e. The fourth-order valence-electron chi connectivity index (χ4n) is 4.84. The van der Waals surface area contributed by atoms with Crippen molar-refractivity contribution in [2.24, 2.45) is 0 Å². The summed E-state index contributed by atoms with van der Waals surface area (Å²) in [4.78, 5) is 33.5. The van der Waals surface area contributed by atoms with Gasteiger partial charge in [-0.05, 0) is 43.9 Å². The number of hydrogen-bond acceptors (Lipinski definition) is 7. The summed E-state index contributed by atoms with van der Waals surface area (Å²) in [5.41, 5.74) is 2.34. The normalized spacial score (nSPS) is 21.7. The van der Waals surface area contributed by atoms with Crippen molar-refractivity contribution in [3.63, 3.8) is 0 Å².